The second-order valence-electron chi connectivity index (χ2n) is 6.99. The van der Waals surface area contributed by atoms with Gasteiger partial charge in [-0.2, -0.15) is 0 Å². The minimum absolute atomic E-state index is 0. The van der Waals surface area contributed by atoms with E-state index < -0.39 is 0 Å². The average molecular weight is 501 g/mol. The molecule has 0 aromatic heterocycles. The van der Waals surface area contributed by atoms with Crippen LogP contribution in [0.4, 0.5) is 5.69 Å². The fraction of sp³-hybridized carbons (Fsp3) is 0.600. The monoisotopic (exact) mass is 501 g/mol. The topological polar surface area (TPSA) is 78.0 Å². The Bertz CT molecular complexity index is 649. The van der Waals surface area contributed by atoms with Crippen LogP contribution in [0.15, 0.2) is 29.3 Å². The Morgan fingerprint density at radius 2 is 2.07 bits per heavy atom. The molecule has 0 bridgehead atoms. The molecular weight excluding hydrogens is 469 g/mol. The van der Waals surface area contributed by atoms with E-state index in [1.165, 1.54) is 5.56 Å². The van der Waals surface area contributed by atoms with Crippen molar-refractivity contribution in [2.75, 3.05) is 57.8 Å². The van der Waals surface area contributed by atoms with Crippen LogP contribution in [-0.4, -0.2) is 69.2 Å². The Morgan fingerprint density at radius 3 is 2.86 bits per heavy atom. The molecule has 1 unspecified atom stereocenters. The molecule has 8 heteroatoms. The van der Waals surface area contributed by atoms with E-state index >= 15 is 0 Å². The highest BCUT2D eigenvalue weighted by molar-refractivity contribution is 14.0. The fourth-order valence-electron chi connectivity index (χ4n) is 3.54. The predicted octanol–water partition coefficient (Wildman–Crippen LogP) is 2.01. The van der Waals surface area contributed by atoms with E-state index in [-0.39, 0.29) is 35.8 Å². The van der Waals surface area contributed by atoms with Crippen molar-refractivity contribution in [3.8, 4) is 0 Å². The third-order valence-electron chi connectivity index (χ3n) is 4.97. The van der Waals surface area contributed by atoms with Gasteiger partial charge in [0.05, 0.1) is 19.8 Å². The van der Waals surface area contributed by atoms with Crippen LogP contribution >= 0.6 is 24.0 Å². The van der Waals surface area contributed by atoms with Gasteiger partial charge in [-0.25, -0.2) is 0 Å². The summed E-state index contributed by atoms with van der Waals surface area (Å²) in [4.78, 5) is 19.1. The number of benzene rings is 1. The van der Waals surface area contributed by atoms with Crippen LogP contribution in [-0.2, 0) is 9.53 Å². The number of aliphatic imine (C=N–C) groups is 1. The molecule has 7 nitrogen and oxygen atoms in total. The normalized spacial score (nSPS) is 20.0. The lowest BCUT2D eigenvalue weighted by molar-refractivity contribution is -0.116. The summed E-state index contributed by atoms with van der Waals surface area (Å²) in [6, 6.07) is 8.00. The summed E-state index contributed by atoms with van der Waals surface area (Å²) in [5, 5.41) is 9.66. The van der Waals surface area contributed by atoms with Gasteiger partial charge >= 0.3 is 0 Å². The molecule has 3 N–H and O–H groups in total. The zero-order valence-electron chi connectivity index (χ0n) is 16.6. The van der Waals surface area contributed by atoms with Gasteiger partial charge in [0, 0.05) is 44.2 Å². The predicted molar refractivity (Wildman–Crippen MR) is 124 cm³/mol. The Labute approximate surface area is 184 Å². The summed E-state index contributed by atoms with van der Waals surface area (Å²) < 4.78 is 5.38. The molecule has 0 saturated carbocycles. The average Bonchev–Trinajstić information content (AvgIpc) is 2.69. The minimum Gasteiger partial charge on any atom is -0.379 e. The molecule has 0 aliphatic carbocycles. The fourth-order valence-corrected chi connectivity index (χ4v) is 3.54. The highest BCUT2D eigenvalue weighted by atomic mass is 127. The number of amides is 1. The molecule has 1 aromatic rings. The summed E-state index contributed by atoms with van der Waals surface area (Å²) in [7, 11) is 0. The van der Waals surface area contributed by atoms with E-state index in [1.54, 1.807) is 0 Å². The molecule has 28 heavy (non-hydrogen) atoms. The number of fused-ring (bicyclic) bond motifs is 1. The molecule has 1 atom stereocenters. The first kappa shape index (κ1) is 22.9. The smallest absolute Gasteiger partial charge is 0.225 e. The summed E-state index contributed by atoms with van der Waals surface area (Å²) in [5.74, 6) is 1.01. The lowest BCUT2D eigenvalue weighted by Crippen LogP contribution is -2.41. The number of carbonyl (C=O) groups excluding carboxylic acids is 1. The molecule has 2 aliphatic rings. The van der Waals surface area contributed by atoms with E-state index in [1.807, 2.05) is 18.2 Å². The van der Waals surface area contributed by atoms with Crippen molar-refractivity contribution in [2.24, 2.45) is 4.99 Å². The number of morpholine rings is 1. The molecule has 1 aromatic carbocycles. The van der Waals surface area contributed by atoms with Crippen LogP contribution in [0.5, 0.6) is 0 Å². The molecule has 1 fully saturated rings. The van der Waals surface area contributed by atoms with Crippen molar-refractivity contribution >= 4 is 41.5 Å². The van der Waals surface area contributed by atoms with Crippen molar-refractivity contribution in [2.45, 2.75) is 25.7 Å². The summed E-state index contributed by atoms with van der Waals surface area (Å²) >= 11 is 0. The van der Waals surface area contributed by atoms with Gasteiger partial charge in [-0.1, -0.05) is 18.2 Å². The van der Waals surface area contributed by atoms with Gasteiger partial charge in [0.1, 0.15) is 0 Å². The maximum atomic E-state index is 12.0. The van der Waals surface area contributed by atoms with Gasteiger partial charge in [0.25, 0.3) is 0 Å². The molecule has 2 heterocycles. The van der Waals surface area contributed by atoms with Crippen molar-refractivity contribution < 1.29 is 9.53 Å². The maximum Gasteiger partial charge on any atom is 0.225 e. The van der Waals surface area contributed by atoms with Crippen molar-refractivity contribution in [3.63, 3.8) is 0 Å². The van der Waals surface area contributed by atoms with Gasteiger partial charge in [-0.3, -0.25) is 14.7 Å². The zero-order valence-corrected chi connectivity index (χ0v) is 18.9. The van der Waals surface area contributed by atoms with Gasteiger partial charge in [-0.15, -0.1) is 24.0 Å². The largest absolute Gasteiger partial charge is 0.379 e. The number of hydrogen-bond donors (Lipinski definition) is 3. The second kappa shape index (κ2) is 12.2. The van der Waals surface area contributed by atoms with Crippen LogP contribution in [0.3, 0.4) is 0 Å². The van der Waals surface area contributed by atoms with Crippen LogP contribution in [0, 0.1) is 0 Å². The summed E-state index contributed by atoms with van der Waals surface area (Å²) in [6.07, 6.45) is 1.55. The Hall–Kier alpha value is -1.39. The third-order valence-corrected chi connectivity index (χ3v) is 4.97. The van der Waals surface area contributed by atoms with Crippen molar-refractivity contribution in [3.05, 3.63) is 29.8 Å². The van der Waals surface area contributed by atoms with Crippen LogP contribution in [0.1, 0.15) is 31.2 Å². The van der Waals surface area contributed by atoms with E-state index in [4.69, 9.17) is 9.73 Å². The van der Waals surface area contributed by atoms with E-state index in [0.29, 0.717) is 13.0 Å². The highest BCUT2D eigenvalue weighted by Crippen LogP contribution is 2.31. The molecule has 156 valence electrons. The number of carbonyl (C=O) groups is 1. The molecule has 2 aliphatic heterocycles. The highest BCUT2D eigenvalue weighted by Gasteiger charge is 2.24. The Balaban J connectivity index is 0.00000280. The number of para-hydroxylation sites is 1. The number of ether oxygens (including phenoxy) is 1. The van der Waals surface area contributed by atoms with Gasteiger partial charge in [0.2, 0.25) is 5.91 Å². The van der Waals surface area contributed by atoms with E-state index in [9.17, 15) is 4.79 Å². The minimum atomic E-state index is 0. The lowest BCUT2D eigenvalue weighted by atomic mass is 9.91. The summed E-state index contributed by atoms with van der Waals surface area (Å²) in [5.41, 5.74) is 2.08. The molecule has 1 saturated heterocycles. The van der Waals surface area contributed by atoms with Gasteiger partial charge in [0.15, 0.2) is 5.96 Å². The molecule has 0 radical (unpaired) electrons. The number of nitrogens with zero attached hydrogens (tertiary/aromatic N) is 2. The number of nitrogens with one attached hydrogen (secondary N) is 3. The second-order valence-corrected chi connectivity index (χ2v) is 6.99. The van der Waals surface area contributed by atoms with Crippen LogP contribution in [0.2, 0.25) is 0 Å². The Morgan fingerprint density at radius 1 is 1.29 bits per heavy atom. The first-order chi connectivity index (χ1) is 13.3. The molecular formula is C20H32IN5O2. The van der Waals surface area contributed by atoms with E-state index in [0.717, 1.165) is 64.0 Å². The number of hydrogen-bond acceptors (Lipinski definition) is 4. The zero-order chi connectivity index (χ0) is 18.9. The standard InChI is InChI=1S/C20H31N5O2.HI/c1-2-21-20(22-8-5-9-25-10-12-27-13-11-25)23-15-16-14-19(26)24-18-7-4-3-6-17(16)18;/h3-4,6-7,16H,2,5,8-15H2,1H3,(H,24,26)(H2,21,22,23);1H. The van der Waals surface area contributed by atoms with Crippen molar-refractivity contribution in [1.29, 1.82) is 0 Å². The van der Waals surface area contributed by atoms with E-state index in [2.05, 4.69) is 33.8 Å². The first-order valence-corrected chi connectivity index (χ1v) is 9.97. The van der Waals surface area contributed by atoms with Crippen LogP contribution in [0.25, 0.3) is 0 Å². The number of rotatable bonds is 7. The number of anilines is 1. The van der Waals surface area contributed by atoms with Gasteiger partial charge < -0.3 is 20.7 Å². The maximum absolute atomic E-state index is 12.0. The SMILES string of the molecule is CCNC(=NCC1CC(=O)Nc2ccccc21)NCCCN1CCOCC1.I. The number of halogens is 1. The summed E-state index contributed by atoms with van der Waals surface area (Å²) in [6.45, 7) is 9.17. The van der Waals surface area contributed by atoms with Gasteiger partial charge in [-0.05, 0) is 31.5 Å². The Kier molecular flexibility index (Phi) is 10.0. The van der Waals surface area contributed by atoms with Crippen molar-refractivity contribution in [1.82, 2.24) is 15.5 Å². The lowest BCUT2D eigenvalue weighted by Gasteiger charge is -2.26. The molecule has 3 rings (SSSR count). The van der Waals surface area contributed by atoms with Crippen LogP contribution < -0.4 is 16.0 Å². The first-order valence-electron chi connectivity index (χ1n) is 9.97. The molecule has 1 amide bonds. The third kappa shape index (κ3) is 6.89. The number of guanidine groups is 1. The quantitative estimate of drug-likeness (QED) is 0.231. The molecule has 0 spiro atoms.